The summed E-state index contributed by atoms with van der Waals surface area (Å²) in [6.45, 7) is 6.79. The maximum atomic E-state index is 13.5. The lowest BCUT2D eigenvalue weighted by Crippen LogP contribution is -2.46. The molecule has 1 aliphatic rings. The molecule has 4 rings (SSSR count). The zero-order valence-electron chi connectivity index (χ0n) is 17.1. The summed E-state index contributed by atoms with van der Waals surface area (Å²) in [5.74, 6) is 1.36. The fourth-order valence-electron chi connectivity index (χ4n) is 3.86. The first kappa shape index (κ1) is 20.1. The summed E-state index contributed by atoms with van der Waals surface area (Å²) in [5, 5.41) is 9.51. The van der Waals surface area contributed by atoms with Gasteiger partial charge in [0, 0.05) is 26.2 Å². The predicted octanol–water partition coefficient (Wildman–Crippen LogP) is 2.43. The number of fused-ring (bicyclic) bond motifs is 1. The first-order valence-corrected chi connectivity index (χ1v) is 10.3. The summed E-state index contributed by atoms with van der Waals surface area (Å²) >= 11 is 0. The van der Waals surface area contributed by atoms with Gasteiger partial charge in [0.25, 0.3) is 5.56 Å². The van der Waals surface area contributed by atoms with Crippen LogP contribution in [0.15, 0.2) is 53.3 Å². The number of nitrogens with zero attached hydrogens (tertiary/aromatic N) is 5. The molecule has 0 radical (unpaired) electrons. The second-order valence-corrected chi connectivity index (χ2v) is 7.30. The van der Waals surface area contributed by atoms with E-state index in [1.54, 1.807) is 4.57 Å². The SMILES string of the molecule is CCOc1ccccc1-n1c(CN2CCN(CC#N)CC2)nc2ccccc2c1=O. The minimum atomic E-state index is -0.0918. The van der Waals surface area contributed by atoms with Crippen molar-refractivity contribution in [2.45, 2.75) is 13.5 Å². The van der Waals surface area contributed by atoms with Crippen LogP contribution < -0.4 is 10.3 Å². The number of aromatic nitrogens is 2. The Balaban J connectivity index is 1.77. The first-order chi connectivity index (χ1) is 14.7. The summed E-state index contributed by atoms with van der Waals surface area (Å²) in [4.78, 5) is 22.8. The highest BCUT2D eigenvalue weighted by Crippen LogP contribution is 2.24. The molecular formula is C23H25N5O2. The molecule has 0 unspecified atom stereocenters. The lowest BCUT2D eigenvalue weighted by Gasteiger charge is -2.33. The normalized spacial score (nSPS) is 15.2. The number of para-hydroxylation sites is 3. The molecule has 0 atom stereocenters. The Hall–Kier alpha value is -3.21. The first-order valence-electron chi connectivity index (χ1n) is 10.3. The average molecular weight is 403 g/mol. The molecule has 0 amide bonds. The second-order valence-electron chi connectivity index (χ2n) is 7.30. The Bertz CT molecular complexity index is 1130. The standard InChI is InChI=1S/C23H25N5O2/c1-2-30-21-10-6-5-9-20(21)28-22(17-27-15-13-26(12-11-24)14-16-27)25-19-8-4-3-7-18(19)23(28)29/h3-10H,2,12-17H2,1H3. The number of ether oxygens (including phenoxy) is 1. The van der Waals surface area contributed by atoms with E-state index in [0.717, 1.165) is 26.2 Å². The number of hydrogen-bond acceptors (Lipinski definition) is 6. The summed E-state index contributed by atoms with van der Waals surface area (Å²) in [5.41, 5.74) is 1.32. The minimum absolute atomic E-state index is 0.0918. The number of nitriles is 1. The van der Waals surface area contributed by atoms with E-state index in [1.165, 1.54) is 0 Å². The molecule has 2 heterocycles. The predicted molar refractivity (Wildman–Crippen MR) is 116 cm³/mol. The van der Waals surface area contributed by atoms with E-state index in [4.69, 9.17) is 15.0 Å². The Morgan fingerprint density at radius 2 is 1.73 bits per heavy atom. The van der Waals surface area contributed by atoms with Crippen molar-refractivity contribution in [2.24, 2.45) is 0 Å². The van der Waals surface area contributed by atoms with E-state index < -0.39 is 0 Å². The molecule has 1 aromatic heterocycles. The maximum absolute atomic E-state index is 13.5. The van der Waals surface area contributed by atoms with Crippen LogP contribution in [0, 0.1) is 11.3 Å². The van der Waals surface area contributed by atoms with E-state index in [9.17, 15) is 4.79 Å². The number of benzene rings is 2. The lowest BCUT2D eigenvalue weighted by molar-refractivity contribution is 0.135. The van der Waals surface area contributed by atoms with E-state index in [0.29, 0.717) is 47.9 Å². The van der Waals surface area contributed by atoms with Crippen LogP contribution in [0.1, 0.15) is 12.7 Å². The van der Waals surface area contributed by atoms with Gasteiger partial charge >= 0.3 is 0 Å². The molecule has 7 nitrogen and oxygen atoms in total. The van der Waals surface area contributed by atoms with Crippen LogP contribution in [0.4, 0.5) is 0 Å². The highest BCUT2D eigenvalue weighted by molar-refractivity contribution is 5.78. The number of hydrogen-bond donors (Lipinski definition) is 0. The molecule has 2 aromatic carbocycles. The third-order valence-electron chi connectivity index (χ3n) is 5.38. The van der Waals surface area contributed by atoms with Gasteiger partial charge in [-0.25, -0.2) is 4.98 Å². The summed E-state index contributed by atoms with van der Waals surface area (Å²) in [6.07, 6.45) is 0. The Kier molecular flexibility index (Phi) is 6.07. The van der Waals surface area contributed by atoms with Gasteiger partial charge in [0.15, 0.2) is 0 Å². The molecule has 0 bridgehead atoms. The van der Waals surface area contributed by atoms with Gasteiger partial charge in [0.05, 0.1) is 42.4 Å². The quantitative estimate of drug-likeness (QED) is 0.589. The molecule has 3 aromatic rings. The summed E-state index contributed by atoms with van der Waals surface area (Å²) in [6, 6.07) is 17.3. The molecule has 154 valence electrons. The molecule has 0 spiro atoms. The zero-order valence-corrected chi connectivity index (χ0v) is 17.1. The molecule has 30 heavy (non-hydrogen) atoms. The highest BCUT2D eigenvalue weighted by atomic mass is 16.5. The smallest absolute Gasteiger partial charge is 0.266 e. The Labute approximate surface area is 175 Å². The van der Waals surface area contributed by atoms with E-state index in [-0.39, 0.29) is 5.56 Å². The Morgan fingerprint density at radius 1 is 1.03 bits per heavy atom. The van der Waals surface area contributed by atoms with Crippen molar-refractivity contribution in [3.8, 4) is 17.5 Å². The largest absolute Gasteiger partial charge is 0.492 e. The second kappa shape index (κ2) is 9.08. The van der Waals surface area contributed by atoms with Gasteiger partial charge in [0.1, 0.15) is 11.6 Å². The van der Waals surface area contributed by atoms with E-state index >= 15 is 0 Å². The van der Waals surface area contributed by atoms with Gasteiger partial charge in [-0.2, -0.15) is 5.26 Å². The van der Waals surface area contributed by atoms with E-state index in [2.05, 4.69) is 15.9 Å². The summed E-state index contributed by atoms with van der Waals surface area (Å²) < 4.78 is 7.50. The van der Waals surface area contributed by atoms with Crippen molar-refractivity contribution in [1.82, 2.24) is 19.4 Å². The van der Waals surface area contributed by atoms with Crippen LogP contribution in [0.2, 0.25) is 0 Å². The molecule has 1 aliphatic heterocycles. The molecule has 0 aliphatic carbocycles. The topological polar surface area (TPSA) is 74.4 Å². The van der Waals surface area contributed by atoms with Crippen molar-refractivity contribution < 1.29 is 4.74 Å². The van der Waals surface area contributed by atoms with Crippen LogP contribution in [0.5, 0.6) is 5.75 Å². The lowest BCUT2D eigenvalue weighted by atomic mass is 10.2. The fraction of sp³-hybridized carbons (Fsp3) is 0.348. The highest BCUT2D eigenvalue weighted by Gasteiger charge is 2.21. The van der Waals surface area contributed by atoms with E-state index in [1.807, 2.05) is 55.5 Å². The molecule has 0 saturated carbocycles. The van der Waals surface area contributed by atoms with Crippen LogP contribution in [0.3, 0.4) is 0 Å². The molecule has 7 heteroatoms. The van der Waals surface area contributed by atoms with Gasteiger partial charge in [-0.3, -0.25) is 19.2 Å². The van der Waals surface area contributed by atoms with Gasteiger partial charge in [-0.15, -0.1) is 0 Å². The van der Waals surface area contributed by atoms with Gasteiger partial charge in [-0.1, -0.05) is 24.3 Å². The zero-order chi connectivity index (χ0) is 20.9. The third-order valence-corrected chi connectivity index (χ3v) is 5.38. The van der Waals surface area contributed by atoms with Crippen LogP contribution in [-0.4, -0.2) is 58.7 Å². The minimum Gasteiger partial charge on any atom is -0.492 e. The van der Waals surface area contributed by atoms with Crippen molar-refractivity contribution in [3.05, 3.63) is 64.7 Å². The third kappa shape index (κ3) is 4.06. The fourth-order valence-corrected chi connectivity index (χ4v) is 3.86. The van der Waals surface area contributed by atoms with Gasteiger partial charge in [0.2, 0.25) is 0 Å². The number of rotatable bonds is 6. The maximum Gasteiger partial charge on any atom is 0.266 e. The van der Waals surface area contributed by atoms with Crippen LogP contribution in [0.25, 0.3) is 16.6 Å². The van der Waals surface area contributed by atoms with Gasteiger partial charge < -0.3 is 4.74 Å². The van der Waals surface area contributed by atoms with Crippen LogP contribution >= 0.6 is 0 Å². The molecule has 1 saturated heterocycles. The van der Waals surface area contributed by atoms with Crippen molar-refractivity contribution in [1.29, 1.82) is 5.26 Å². The molecular weight excluding hydrogens is 378 g/mol. The van der Waals surface area contributed by atoms with Crippen molar-refractivity contribution >= 4 is 10.9 Å². The summed E-state index contributed by atoms with van der Waals surface area (Å²) in [7, 11) is 0. The molecule has 1 fully saturated rings. The monoisotopic (exact) mass is 403 g/mol. The number of piperazine rings is 1. The average Bonchev–Trinajstić information content (AvgIpc) is 2.77. The molecule has 0 N–H and O–H groups in total. The Morgan fingerprint density at radius 3 is 2.50 bits per heavy atom. The van der Waals surface area contributed by atoms with Crippen molar-refractivity contribution in [3.63, 3.8) is 0 Å². The van der Waals surface area contributed by atoms with Gasteiger partial charge in [-0.05, 0) is 31.2 Å². The van der Waals surface area contributed by atoms with Crippen LogP contribution in [-0.2, 0) is 6.54 Å². The van der Waals surface area contributed by atoms with Crippen molar-refractivity contribution in [2.75, 3.05) is 39.3 Å².